The van der Waals surface area contributed by atoms with Gasteiger partial charge < -0.3 is 5.11 Å². The molecule has 0 fully saturated rings. The molecule has 1 aliphatic rings. The predicted molar refractivity (Wildman–Crippen MR) is 38.6 cm³/mol. The third kappa shape index (κ3) is 1.45. The number of Topliss-reactive ketones (excluding diaryl/α,β-unsaturated/α-hetero) is 1. The molecule has 1 atom stereocenters. The number of rotatable bonds is 1. The van der Waals surface area contributed by atoms with Crippen LogP contribution in [0.1, 0.15) is 19.8 Å². The fourth-order valence-electron chi connectivity index (χ4n) is 1.18. The van der Waals surface area contributed by atoms with Crippen molar-refractivity contribution < 1.29 is 9.90 Å². The Bertz CT molecular complexity index is 170. The van der Waals surface area contributed by atoms with Gasteiger partial charge in [0.2, 0.25) is 0 Å². The summed E-state index contributed by atoms with van der Waals surface area (Å²) in [5, 5.41) is 8.69. The summed E-state index contributed by atoms with van der Waals surface area (Å²) in [6.45, 7) is 1.96. The van der Waals surface area contributed by atoms with Gasteiger partial charge in [-0.15, -0.1) is 0 Å². The summed E-state index contributed by atoms with van der Waals surface area (Å²) in [7, 11) is 0. The van der Waals surface area contributed by atoms with Gasteiger partial charge >= 0.3 is 0 Å². The van der Waals surface area contributed by atoms with Crippen LogP contribution in [-0.4, -0.2) is 17.5 Å². The van der Waals surface area contributed by atoms with E-state index in [0.717, 1.165) is 6.42 Å². The van der Waals surface area contributed by atoms with Crippen molar-refractivity contribution in [3.63, 3.8) is 0 Å². The maximum atomic E-state index is 10.9. The van der Waals surface area contributed by atoms with E-state index in [2.05, 4.69) is 6.92 Å². The predicted octanol–water partition coefficient (Wildman–Crippen LogP) is 0.904. The lowest BCUT2D eigenvalue weighted by Crippen LogP contribution is -2.14. The van der Waals surface area contributed by atoms with Crippen molar-refractivity contribution >= 4 is 5.78 Å². The van der Waals surface area contributed by atoms with E-state index >= 15 is 0 Å². The van der Waals surface area contributed by atoms with Gasteiger partial charge in [0.1, 0.15) is 0 Å². The molecule has 56 valence electrons. The molecule has 1 unspecified atom stereocenters. The Kier molecular flexibility index (Phi) is 2.22. The van der Waals surface area contributed by atoms with Gasteiger partial charge in [-0.25, -0.2) is 0 Å². The first-order valence-electron chi connectivity index (χ1n) is 3.59. The molecule has 0 radical (unpaired) electrons. The summed E-state index contributed by atoms with van der Waals surface area (Å²) in [5.41, 5.74) is 0.596. The highest BCUT2D eigenvalue weighted by molar-refractivity contribution is 5.96. The van der Waals surface area contributed by atoms with Crippen LogP contribution in [0.25, 0.3) is 0 Å². The number of allylic oxidation sites excluding steroid dienone is 1. The largest absolute Gasteiger partial charge is 0.392 e. The highest BCUT2D eigenvalue weighted by Crippen LogP contribution is 2.18. The van der Waals surface area contributed by atoms with Crippen LogP contribution >= 0.6 is 0 Å². The third-order valence-electron chi connectivity index (χ3n) is 1.84. The molecular weight excluding hydrogens is 128 g/mol. The van der Waals surface area contributed by atoms with Crippen molar-refractivity contribution in [2.45, 2.75) is 19.8 Å². The van der Waals surface area contributed by atoms with Crippen molar-refractivity contribution in [3.8, 4) is 0 Å². The van der Waals surface area contributed by atoms with Gasteiger partial charge in [-0.2, -0.15) is 0 Å². The van der Waals surface area contributed by atoms with Crippen LogP contribution in [0, 0.1) is 5.92 Å². The van der Waals surface area contributed by atoms with Crippen molar-refractivity contribution in [2.75, 3.05) is 6.61 Å². The van der Waals surface area contributed by atoms with E-state index in [9.17, 15) is 4.79 Å². The Morgan fingerprint density at radius 1 is 1.80 bits per heavy atom. The SMILES string of the molecule is CC1C=C(CO)C(=O)CC1. The number of ketones is 1. The summed E-state index contributed by atoms with van der Waals surface area (Å²) in [6.07, 6.45) is 3.40. The average molecular weight is 140 g/mol. The molecule has 2 nitrogen and oxygen atoms in total. The maximum Gasteiger partial charge on any atom is 0.160 e. The van der Waals surface area contributed by atoms with Crippen molar-refractivity contribution in [1.82, 2.24) is 0 Å². The van der Waals surface area contributed by atoms with E-state index in [0.29, 0.717) is 17.9 Å². The molecule has 0 bridgehead atoms. The molecule has 0 aromatic carbocycles. The zero-order valence-corrected chi connectivity index (χ0v) is 6.13. The van der Waals surface area contributed by atoms with Crippen molar-refractivity contribution in [2.24, 2.45) is 5.92 Å². The summed E-state index contributed by atoms with van der Waals surface area (Å²) < 4.78 is 0. The van der Waals surface area contributed by atoms with Gasteiger partial charge in [0.25, 0.3) is 0 Å². The molecule has 2 heteroatoms. The van der Waals surface area contributed by atoms with Crippen LogP contribution in [0.4, 0.5) is 0 Å². The second kappa shape index (κ2) is 2.97. The summed E-state index contributed by atoms with van der Waals surface area (Å²) >= 11 is 0. The Balaban J connectivity index is 2.72. The van der Waals surface area contributed by atoms with E-state index in [1.54, 1.807) is 0 Å². The zero-order valence-electron chi connectivity index (χ0n) is 6.13. The Labute approximate surface area is 60.6 Å². The van der Waals surface area contributed by atoms with Crippen LogP contribution in [0.15, 0.2) is 11.6 Å². The van der Waals surface area contributed by atoms with Gasteiger partial charge in [-0.1, -0.05) is 13.0 Å². The molecule has 0 aromatic rings. The molecule has 0 spiro atoms. The van der Waals surface area contributed by atoms with Crippen LogP contribution in [0.5, 0.6) is 0 Å². The number of aliphatic hydroxyl groups is 1. The van der Waals surface area contributed by atoms with Crippen LogP contribution in [0.2, 0.25) is 0 Å². The standard InChI is InChI=1S/C8H12O2/c1-6-2-3-8(10)7(4-6)5-9/h4,6,9H,2-3,5H2,1H3. The maximum absolute atomic E-state index is 10.9. The molecule has 0 aromatic heterocycles. The molecule has 1 aliphatic carbocycles. The lowest BCUT2D eigenvalue weighted by molar-refractivity contribution is -0.116. The average Bonchev–Trinajstić information content (AvgIpc) is 1.94. The fourth-order valence-corrected chi connectivity index (χ4v) is 1.18. The zero-order chi connectivity index (χ0) is 7.56. The summed E-state index contributed by atoms with van der Waals surface area (Å²) in [4.78, 5) is 10.9. The Hall–Kier alpha value is -0.630. The van der Waals surface area contributed by atoms with E-state index < -0.39 is 0 Å². The number of carbonyl (C=O) groups excluding carboxylic acids is 1. The molecule has 0 saturated carbocycles. The number of hydrogen-bond donors (Lipinski definition) is 1. The van der Waals surface area contributed by atoms with Crippen LogP contribution in [0.3, 0.4) is 0 Å². The molecular formula is C8H12O2. The molecule has 1 rings (SSSR count). The molecule has 0 saturated heterocycles. The summed E-state index contributed by atoms with van der Waals surface area (Å²) in [5.74, 6) is 0.570. The Morgan fingerprint density at radius 3 is 3.00 bits per heavy atom. The van der Waals surface area contributed by atoms with E-state index in [1.807, 2.05) is 6.08 Å². The van der Waals surface area contributed by atoms with Crippen molar-refractivity contribution in [1.29, 1.82) is 0 Å². The van der Waals surface area contributed by atoms with Crippen LogP contribution < -0.4 is 0 Å². The lowest BCUT2D eigenvalue weighted by Gasteiger charge is -2.14. The molecule has 0 amide bonds. The van der Waals surface area contributed by atoms with Gasteiger partial charge in [-0.05, 0) is 12.3 Å². The van der Waals surface area contributed by atoms with Crippen LogP contribution in [-0.2, 0) is 4.79 Å². The third-order valence-corrected chi connectivity index (χ3v) is 1.84. The monoisotopic (exact) mass is 140 g/mol. The first kappa shape index (κ1) is 7.48. The number of carbonyl (C=O) groups is 1. The van der Waals surface area contributed by atoms with Gasteiger partial charge in [0.15, 0.2) is 5.78 Å². The highest BCUT2D eigenvalue weighted by Gasteiger charge is 2.16. The van der Waals surface area contributed by atoms with E-state index in [4.69, 9.17) is 5.11 Å². The molecule has 0 heterocycles. The topological polar surface area (TPSA) is 37.3 Å². The second-order valence-electron chi connectivity index (χ2n) is 2.79. The first-order valence-corrected chi connectivity index (χ1v) is 3.59. The smallest absolute Gasteiger partial charge is 0.160 e. The number of hydrogen-bond acceptors (Lipinski definition) is 2. The summed E-state index contributed by atoms with van der Waals surface area (Å²) in [6, 6.07) is 0. The highest BCUT2D eigenvalue weighted by atomic mass is 16.3. The first-order chi connectivity index (χ1) is 4.74. The normalized spacial score (nSPS) is 26.4. The van der Waals surface area contributed by atoms with Gasteiger partial charge in [-0.3, -0.25) is 4.79 Å². The Morgan fingerprint density at radius 2 is 2.50 bits per heavy atom. The molecule has 0 aliphatic heterocycles. The quantitative estimate of drug-likeness (QED) is 0.587. The molecule has 1 N–H and O–H groups in total. The number of aliphatic hydroxyl groups excluding tert-OH is 1. The fraction of sp³-hybridized carbons (Fsp3) is 0.625. The minimum atomic E-state index is -0.0941. The van der Waals surface area contributed by atoms with Gasteiger partial charge in [0, 0.05) is 12.0 Å². The van der Waals surface area contributed by atoms with E-state index in [-0.39, 0.29) is 12.4 Å². The molecule has 10 heavy (non-hydrogen) atoms. The lowest BCUT2D eigenvalue weighted by atomic mass is 9.91. The minimum absolute atomic E-state index is 0.0941. The van der Waals surface area contributed by atoms with E-state index in [1.165, 1.54) is 0 Å². The van der Waals surface area contributed by atoms with Gasteiger partial charge in [0.05, 0.1) is 6.61 Å². The second-order valence-corrected chi connectivity index (χ2v) is 2.79. The minimum Gasteiger partial charge on any atom is -0.392 e. The van der Waals surface area contributed by atoms with Crippen molar-refractivity contribution in [3.05, 3.63) is 11.6 Å².